The SMILES string of the molecule is CC1C(C(CC(N)=O)(C(N)=O)C2CCN(C)C(C)(C)C2C)CCN(C)C1(C)C. The topological polar surface area (TPSA) is 92.7 Å². The lowest BCUT2D eigenvalue weighted by Crippen LogP contribution is -2.65. The number of hydrogen-bond acceptors (Lipinski definition) is 4. The Balaban J connectivity index is 2.61. The van der Waals surface area contributed by atoms with Crippen molar-refractivity contribution >= 4 is 11.8 Å². The molecule has 0 aromatic carbocycles. The Morgan fingerprint density at radius 1 is 0.893 bits per heavy atom. The van der Waals surface area contributed by atoms with Gasteiger partial charge in [-0.25, -0.2) is 0 Å². The van der Waals surface area contributed by atoms with Crippen molar-refractivity contribution < 1.29 is 9.59 Å². The van der Waals surface area contributed by atoms with E-state index in [0.717, 1.165) is 25.9 Å². The molecule has 4 N–H and O–H groups in total. The number of nitrogens with two attached hydrogens (primary N) is 2. The number of likely N-dealkylation sites (tertiary alicyclic amines) is 2. The summed E-state index contributed by atoms with van der Waals surface area (Å²) in [7, 11) is 4.27. The summed E-state index contributed by atoms with van der Waals surface area (Å²) in [5.74, 6) is -0.265. The third kappa shape index (κ3) is 3.47. The predicted molar refractivity (Wildman–Crippen MR) is 113 cm³/mol. The van der Waals surface area contributed by atoms with E-state index in [4.69, 9.17) is 11.5 Å². The quantitative estimate of drug-likeness (QED) is 0.746. The highest BCUT2D eigenvalue weighted by Crippen LogP contribution is 2.56. The minimum absolute atomic E-state index is 0.0374. The number of nitrogens with zero attached hydrogens (tertiary/aromatic N) is 2. The van der Waals surface area contributed by atoms with E-state index in [9.17, 15) is 9.59 Å². The Morgan fingerprint density at radius 3 is 1.54 bits per heavy atom. The average Bonchev–Trinajstić information content (AvgIpc) is 2.57. The van der Waals surface area contributed by atoms with Crippen molar-refractivity contribution in [1.82, 2.24) is 9.80 Å². The maximum atomic E-state index is 13.2. The molecule has 0 aromatic heterocycles. The molecule has 2 heterocycles. The molecule has 2 saturated heterocycles. The molecule has 2 aliphatic rings. The first-order valence-electron chi connectivity index (χ1n) is 10.7. The van der Waals surface area contributed by atoms with Crippen LogP contribution in [-0.2, 0) is 9.59 Å². The fraction of sp³-hybridized carbons (Fsp3) is 0.909. The van der Waals surface area contributed by atoms with Crippen LogP contribution < -0.4 is 11.5 Å². The van der Waals surface area contributed by atoms with Crippen LogP contribution in [0.2, 0.25) is 0 Å². The first-order valence-corrected chi connectivity index (χ1v) is 10.7. The van der Waals surface area contributed by atoms with E-state index in [1.807, 2.05) is 0 Å². The van der Waals surface area contributed by atoms with Crippen molar-refractivity contribution in [1.29, 1.82) is 0 Å². The zero-order valence-corrected chi connectivity index (χ0v) is 19.2. The fourth-order valence-corrected chi connectivity index (χ4v) is 6.11. The van der Waals surface area contributed by atoms with Gasteiger partial charge in [0.25, 0.3) is 0 Å². The molecule has 2 rings (SSSR count). The minimum atomic E-state index is -0.901. The highest BCUT2D eigenvalue weighted by atomic mass is 16.2. The van der Waals surface area contributed by atoms with Gasteiger partial charge in [-0.2, -0.15) is 0 Å². The lowest BCUT2D eigenvalue weighted by atomic mass is 9.50. The van der Waals surface area contributed by atoms with Gasteiger partial charge in [0.15, 0.2) is 0 Å². The normalized spacial score (nSPS) is 35.9. The number of amides is 2. The second-order valence-electron chi connectivity index (χ2n) is 10.6. The molecule has 28 heavy (non-hydrogen) atoms. The second kappa shape index (κ2) is 7.60. The van der Waals surface area contributed by atoms with Crippen LogP contribution in [-0.4, -0.2) is 59.9 Å². The van der Waals surface area contributed by atoms with E-state index >= 15 is 0 Å². The number of carbonyl (C=O) groups excluding carboxylic acids is 2. The summed E-state index contributed by atoms with van der Waals surface area (Å²) in [6.07, 6.45) is 1.76. The van der Waals surface area contributed by atoms with Crippen LogP contribution in [0.15, 0.2) is 0 Å². The van der Waals surface area contributed by atoms with E-state index in [1.54, 1.807) is 0 Å². The first kappa shape index (κ1) is 23.1. The van der Waals surface area contributed by atoms with Crippen molar-refractivity contribution in [2.45, 2.75) is 71.9 Å². The third-order valence-electron chi connectivity index (χ3n) is 9.20. The molecular formula is C22H42N4O2. The van der Waals surface area contributed by atoms with Gasteiger partial charge in [0.2, 0.25) is 11.8 Å². The molecule has 2 aliphatic heterocycles. The molecule has 0 aromatic rings. The fourth-order valence-electron chi connectivity index (χ4n) is 6.11. The van der Waals surface area contributed by atoms with Gasteiger partial charge >= 0.3 is 0 Å². The molecule has 0 radical (unpaired) electrons. The Kier molecular flexibility index (Phi) is 6.28. The second-order valence-corrected chi connectivity index (χ2v) is 10.6. The van der Waals surface area contributed by atoms with Gasteiger partial charge in [-0.1, -0.05) is 13.8 Å². The van der Waals surface area contributed by atoms with Gasteiger partial charge < -0.3 is 21.3 Å². The Morgan fingerprint density at radius 2 is 1.25 bits per heavy atom. The molecule has 0 bridgehead atoms. The van der Waals surface area contributed by atoms with Gasteiger partial charge in [-0.05, 0) is 91.4 Å². The van der Waals surface area contributed by atoms with Crippen LogP contribution in [0.25, 0.3) is 0 Å². The molecule has 0 saturated carbocycles. The van der Waals surface area contributed by atoms with Crippen LogP contribution in [0.4, 0.5) is 0 Å². The number of hydrogen-bond donors (Lipinski definition) is 2. The van der Waals surface area contributed by atoms with Gasteiger partial charge in [0, 0.05) is 17.5 Å². The minimum Gasteiger partial charge on any atom is -0.370 e. The molecule has 0 spiro atoms. The maximum Gasteiger partial charge on any atom is 0.224 e. The van der Waals surface area contributed by atoms with E-state index in [-0.39, 0.29) is 47.1 Å². The highest BCUT2D eigenvalue weighted by molar-refractivity contribution is 5.88. The number of carbonyl (C=O) groups is 2. The summed E-state index contributed by atoms with van der Waals surface area (Å²) in [6.45, 7) is 15.1. The summed E-state index contributed by atoms with van der Waals surface area (Å²) in [5.41, 5.74) is 10.9. The summed E-state index contributed by atoms with van der Waals surface area (Å²) >= 11 is 0. The van der Waals surface area contributed by atoms with E-state index < -0.39 is 11.3 Å². The molecule has 4 atom stereocenters. The van der Waals surface area contributed by atoms with Crippen molar-refractivity contribution in [2.24, 2.45) is 40.6 Å². The molecule has 4 unspecified atom stereocenters. The van der Waals surface area contributed by atoms with Crippen molar-refractivity contribution in [3.63, 3.8) is 0 Å². The molecule has 2 fully saturated rings. The van der Waals surface area contributed by atoms with Gasteiger partial charge in [0.05, 0.1) is 5.41 Å². The van der Waals surface area contributed by atoms with Crippen molar-refractivity contribution in [3.05, 3.63) is 0 Å². The third-order valence-corrected chi connectivity index (χ3v) is 9.20. The highest BCUT2D eigenvalue weighted by Gasteiger charge is 2.60. The Hall–Kier alpha value is -1.14. The summed E-state index contributed by atoms with van der Waals surface area (Å²) in [5, 5.41) is 0. The molecule has 6 heteroatoms. The lowest BCUT2D eigenvalue weighted by Gasteiger charge is -2.60. The number of piperidine rings is 2. The molecule has 0 aliphatic carbocycles. The van der Waals surface area contributed by atoms with Crippen LogP contribution >= 0.6 is 0 Å². The van der Waals surface area contributed by atoms with Crippen molar-refractivity contribution in [3.8, 4) is 0 Å². The van der Waals surface area contributed by atoms with Gasteiger partial charge in [0.1, 0.15) is 0 Å². The van der Waals surface area contributed by atoms with E-state index in [1.165, 1.54) is 0 Å². The lowest BCUT2D eigenvalue weighted by molar-refractivity contribution is -0.160. The monoisotopic (exact) mass is 394 g/mol. The zero-order valence-electron chi connectivity index (χ0n) is 19.2. The van der Waals surface area contributed by atoms with Crippen LogP contribution in [0.5, 0.6) is 0 Å². The van der Waals surface area contributed by atoms with E-state index in [0.29, 0.717) is 0 Å². The smallest absolute Gasteiger partial charge is 0.224 e. The number of primary amides is 2. The molecule has 162 valence electrons. The zero-order chi connectivity index (χ0) is 21.7. The summed E-state index contributed by atoms with van der Waals surface area (Å²) in [4.78, 5) is 30.2. The first-order chi connectivity index (χ1) is 12.7. The van der Waals surface area contributed by atoms with Gasteiger partial charge in [-0.3, -0.25) is 9.59 Å². The predicted octanol–water partition coefficient (Wildman–Crippen LogP) is 2.07. The van der Waals surface area contributed by atoms with Crippen molar-refractivity contribution in [2.75, 3.05) is 27.2 Å². The maximum absolute atomic E-state index is 13.2. The molecular weight excluding hydrogens is 352 g/mol. The van der Waals surface area contributed by atoms with Crippen LogP contribution in [0.3, 0.4) is 0 Å². The largest absolute Gasteiger partial charge is 0.370 e. The van der Waals surface area contributed by atoms with Crippen LogP contribution in [0, 0.1) is 29.1 Å². The molecule has 6 nitrogen and oxygen atoms in total. The van der Waals surface area contributed by atoms with Crippen LogP contribution in [0.1, 0.15) is 60.8 Å². The Labute approximate surface area is 171 Å². The Bertz CT molecular complexity index is 580. The average molecular weight is 395 g/mol. The summed E-state index contributed by atoms with van der Waals surface area (Å²) < 4.78 is 0. The molecule has 2 amide bonds. The summed E-state index contributed by atoms with van der Waals surface area (Å²) in [6, 6.07) is 0. The number of rotatable bonds is 5. The van der Waals surface area contributed by atoms with Gasteiger partial charge in [-0.15, -0.1) is 0 Å². The van der Waals surface area contributed by atoms with E-state index in [2.05, 4.69) is 65.4 Å². The standard InChI is InChI=1S/C22H42N4O2/c1-14-16(9-11-25(7)20(14,3)4)22(19(24)28,13-18(23)27)17-10-12-26(8)21(5,6)15(17)2/h14-17H,9-13H2,1-8H3,(H2,23,27)(H2,24,28).